The van der Waals surface area contributed by atoms with E-state index in [4.69, 9.17) is 0 Å². The van der Waals surface area contributed by atoms with Crippen molar-refractivity contribution in [2.24, 2.45) is 0 Å². The van der Waals surface area contributed by atoms with Gasteiger partial charge in [-0.3, -0.25) is 0 Å². The van der Waals surface area contributed by atoms with E-state index in [2.05, 4.69) is 56.5 Å². The van der Waals surface area contributed by atoms with Gasteiger partial charge in [-0.15, -0.1) is 0 Å². The first-order valence-electron chi connectivity index (χ1n) is 7.16. The number of allylic oxidation sites excluding steroid dienone is 4. The average molecular weight is 254 g/mol. The molecular formula is C18H24N+. The predicted molar refractivity (Wildman–Crippen MR) is 83.5 cm³/mol. The lowest BCUT2D eigenvalue weighted by Gasteiger charge is -2.37. The maximum atomic E-state index is 4.39. The lowest BCUT2D eigenvalue weighted by Crippen LogP contribution is -2.48. The Labute approximate surface area is 117 Å². The van der Waals surface area contributed by atoms with Gasteiger partial charge in [0.2, 0.25) is 0 Å². The monoisotopic (exact) mass is 254 g/mol. The number of nitrogens with zero attached hydrogens (tertiary/aromatic N) is 1. The maximum Gasteiger partial charge on any atom is 0.192 e. The molecule has 0 aromatic carbocycles. The molecule has 0 amide bonds. The zero-order chi connectivity index (χ0) is 14.0. The van der Waals surface area contributed by atoms with Crippen LogP contribution in [0.25, 0.3) is 0 Å². The highest BCUT2D eigenvalue weighted by atomic mass is 15.1. The molecule has 19 heavy (non-hydrogen) atoms. The van der Waals surface area contributed by atoms with Crippen molar-refractivity contribution in [3.63, 3.8) is 0 Å². The molecular weight excluding hydrogens is 230 g/mol. The Balaban J connectivity index is 2.72. The number of rotatable bonds is 3. The van der Waals surface area contributed by atoms with Crippen LogP contribution in [0.15, 0.2) is 60.9 Å². The minimum atomic E-state index is 0.00227. The highest BCUT2D eigenvalue weighted by Crippen LogP contribution is 2.41. The highest BCUT2D eigenvalue weighted by molar-refractivity contribution is 6.03. The van der Waals surface area contributed by atoms with Crippen LogP contribution in [0.3, 0.4) is 0 Å². The summed E-state index contributed by atoms with van der Waals surface area (Å²) in [4.78, 5) is 0. The summed E-state index contributed by atoms with van der Waals surface area (Å²) in [5.41, 5.74) is 4.83. The zero-order valence-electron chi connectivity index (χ0n) is 12.2. The van der Waals surface area contributed by atoms with Gasteiger partial charge in [-0.1, -0.05) is 45.7 Å². The molecule has 2 heterocycles. The quantitative estimate of drug-likeness (QED) is 0.650. The fourth-order valence-electron chi connectivity index (χ4n) is 3.38. The standard InChI is InChI=1S/C18H24N/c1-6-11-16-14(4)17-12-9-10-13-19(17)18(7-2,8-3)15(16)5/h6,10-11,13H,1,4-5,7-9,12H2,2-3H3/q+1. The normalized spacial score (nSPS) is 23.8. The molecule has 0 aliphatic carbocycles. The fourth-order valence-corrected chi connectivity index (χ4v) is 3.38. The third kappa shape index (κ3) is 1.88. The third-order valence-corrected chi connectivity index (χ3v) is 4.57. The van der Waals surface area contributed by atoms with E-state index in [1.54, 1.807) is 0 Å². The first-order valence-corrected chi connectivity index (χ1v) is 7.16. The molecule has 0 atom stereocenters. The van der Waals surface area contributed by atoms with Gasteiger partial charge in [-0.05, 0) is 18.1 Å². The fraction of sp³-hybridized carbons (Fsp3) is 0.389. The molecule has 0 unspecified atom stereocenters. The van der Waals surface area contributed by atoms with Crippen molar-refractivity contribution in [2.45, 2.75) is 45.1 Å². The Morgan fingerprint density at radius 3 is 2.58 bits per heavy atom. The Morgan fingerprint density at radius 1 is 1.32 bits per heavy atom. The molecule has 0 bridgehead atoms. The molecule has 0 radical (unpaired) electrons. The van der Waals surface area contributed by atoms with E-state index in [1.165, 1.54) is 16.9 Å². The molecule has 0 aromatic heterocycles. The van der Waals surface area contributed by atoms with E-state index in [0.29, 0.717) is 0 Å². The van der Waals surface area contributed by atoms with E-state index in [0.717, 1.165) is 31.3 Å². The highest BCUT2D eigenvalue weighted by Gasteiger charge is 2.48. The van der Waals surface area contributed by atoms with Gasteiger partial charge < -0.3 is 0 Å². The van der Waals surface area contributed by atoms with Gasteiger partial charge in [0, 0.05) is 30.4 Å². The summed E-state index contributed by atoms with van der Waals surface area (Å²) in [5, 5.41) is 0. The molecule has 2 rings (SSSR count). The van der Waals surface area contributed by atoms with Crippen molar-refractivity contribution in [2.75, 3.05) is 0 Å². The van der Waals surface area contributed by atoms with Crippen LogP contribution >= 0.6 is 0 Å². The second-order valence-corrected chi connectivity index (χ2v) is 5.25. The van der Waals surface area contributed by atoms with E-state index in [-0.39, 0.29) is 5.54 Å². The molecule has 0 N–H and O–H groups in total. The molecule has 0 spiro atoms. The van der Waals surface area contributed by atoms with Crippen molar-refractivity contribution < 1.29 is 4.58 Å². The summed E-state index contributed by atoms with van der Waals surface area (Å²) < 4.78 is 2.42. The van der Waals surface area contributed by atoms with Crippen molar-refractivity contribution >= 4 is 5.71 Å². The van der Waals surface area contributed by atoms with Gasteiger partial charge in [-0.2, -0.15) is 4.58 Å². The molecule has 0 aromatic rings. The van der Waals surface area contributed by atoms with Crippen molar-refractivity contribution in [3.05, 3.63) is 60.9 Å². The molecule has 0 fully saturated rings. The summed E-state index contributed by atoms with van der Waals surface area (Å²) in [6.07, 6.45) is 12.7. The summed E-state index contributed by atoms with van der Waals surface area (Å²) in [6, 6.07) is 0. The first-order chi connectivity index (χ1) is 9.12. The van der Waals surface area contributed by atoms with Gasteiger partial charge in [0.25, 0.3) is 0 Å². The molecule has 1 heteroatoms. The lowest BCUT2D eigenvalue weighted by molar-refractivity contribution is -0.542. The predicted octanol–water partition coefficient (Wildman–Crippen LogP) is 4.54. The number of hydrogen-bond donors (Lipinski definition) is 0. The summed E-state index contributed by atoms with van der Waals surface area (Å²) >= 11 is 0. The molecule has 1 nitrogen and oxygen atoms in total. The van der Waals surface area contributed by atoms with Crippen LogP contribution in [-0.2, 0) is 0 Å². The van der Waals surface area contributed by atoms with E-state index in [1.807, 2.05) is 6.08 Å². The second kappa shape index (κ2) is 5.16. The van der Waals surface area contributed by atoms with E-state index < -0.39 is 0 Å². The van der Waals surface area contributed by atoms with Crippen LogP contribution < -0.4 is 0 Å². The maximum absolute atomic E-state index is 4.39. The Bertz CT molecular complexity index is 522. The molecule has 2 aliphatic rings. The van der Waals surface area contributed by atoms with Gasteiger partial charge in [0.05, 0.1) is 0 Å². The third-order valence-electron chi connectivity index (χ3n) is 4.57. The van der Waals surface area contributed by atoms with Crippen LogP contribution in [0, 0.1) is 0 Å². The van der Waals surface area contributed by atoms with Crippen molar-refractivity contribution in [3.8, 4) is 0 Å². The van der Waals surface area contributed by atoms with Gasteiger partial charge in [-0.25, -0.2) is 0 Å². The van der Waals surface area contributed by atoms with E-state index in [9.17, 15) is 0 Å². The Morgan fingerprint density at radius 2 is 2.00 bits per heavy atom. The van der Waals surface area contributed by atoms with Crippen LogP contribution in [0.2, 0.25) is 0 Å². The summed E-state index contributed by atoms with van der Waals surface area (Å²) in [5.74, 6) is 0. The number of hydrogen-bond acceptors (Lipinski definition) is 0. The summed E-state index contributed by atoms with van der Waals surface area (Å²) in [7, 11) is 0. The van der Waals surface area contributed by atoms with Gasteiger partial charge in [0.1, 0.15) is 0 Å². The van der Waals surface area contributed by atoms with Crippen LogP contribution in [0.4, 0.5) is 0 Å². The molecule has 2 aliphatic heterocycles. The van der Waals surface area contributed by atoms with Gasteiger partial charge in [0.15, 0.2) is 17.5 Å². The molecule has 0 saturated heterocycles. The summed E-state index contributed by atoms with van der Waals surface area (Å²) in [6.45, 7) is 17.0. The second-order valence-electron chi connectivity index (χ2n) is 5.25. The zero-order valence-corrected chi connectivity index (χ0v) is 12.2. The van der Waals surface area contributed by atoms with E-state index >= 15 is 0 Å². The Kier molecular flexibility index (Phi) is 3.75. The first kappa shape index (κ1) is 13.8. The van der Waals surface area contributed by atoms with Crippen LogP contribution in [-0.4, -0.2) is 15.8 Å². The topological polar surface area (TPSA) is 3.01 Å². The van der Waals surface area contributed by atoms with Gasteiger partial charge >= 0.3 is 0 Å². The van der Waals surface area contributed by atoms with Crippen LogP contribution in [0.5, 0.6) is 0 Å². The lowest BCUT2D eigenvalue weighted by atomic mass is 9.73. The minimum Gasteiger partial charge on any atom is -0.193 e. The SMILES string of the molecule is C=CC=C1C(=C)C2=[N+](C=CCC2)C(CC)(CC)C1=C. The Hall–Kier alpha value is -1.63. The molecule has 0 saturated carbocycles. The minimum absolute atomic E-state index is 0.00227. The average Bonchev–Trinajstić information content (AvgIpc) is 2.45. The van der Waals surface area contributed by atoms with Crippen molar-refractivity contribution in [1.29, 1.82) is 0 Å². The smallest absolute Gasteiger partial charge is 0.192 e. The largest absolute Gasteiger partial charge is 0.193 e. The van der Waals surface area contributed by atoms with Crippen molar-refractivity contribution in [1.82, 2.24) is 0 Å². The molecule has 100 valence electrons. The van der Waals surface area contributed by atoms with Crippen LogP contribution in [0.1, 0.15) is 39.5 Å².